The molecule has 0 aliphatic heterocycles. The quantitative estimate of drug-likeness (QED) is 0.681. The van der Waals surface area contributed by atoms with Crippen LogP contribution in [0.3, 0.4) is 0 Å². The third-order valence-electron chi connectivity index (χ3n) is 2.40. The highest BCUT2D eigenvalue weighted by Gasteiger charge is 2.09. The van der Waals surface area contributed by atoms with Crippen LogP contribution in [0.5, 0.6) is 0 Å². The van der Waals surface area contributed by atoms with Gasteiger partial charge in [-0.1, -0.05) is 24.3 Å². The number of sulfonamides is 1. The van der Waals surface area contributed by atoms with Crippen LogP contribution in [-0.4, -0.2) is 32.5 Å². The van der Waals surface area contributed by atoms with Gasteiger partial charge in [0.05, 0.1) is 19.0 Å². The first-order chi connectivity index (χ1) is 8.57. The van der Waals surface area contributed by atoms with Crippen molar-refractivity contribution in [2.24, 2.45) is 0 Å². The van der Waals surface area contributed by atoms with Crippen molar-refractivity contribution in [2.45, 2.75) is 20.1 Å². The van der Waals surface area contributed by atoms with Crippen LogP contribution >= 0.6 is 0 Å². The second kappa shape index (κ2) is 7.48. The van der Waals surface area contributed by atoms with Crippen molar-refractivity contribution in [3.05, 3.63) is 35.4 Å². The van der Waals surface area contributed by atoms with E-state index in [4.69, 9.17) is 9.84 Å². The largest absolute Gasteiger partial charge is 0.392 e. The molecule has 6 heteroatoms. The third-order valence-corrected chi connectivity index (χ3v) is 3.69. The minimum absolute atomic E-state index is 0.0135. The predicted octanol–water partition coefficient (Wildman–Crippen LogP) is 0.635. The van der Waals surface area contributed by atoms with E-state index in [-0.39, 0.29) is 25.5 Å². The fourth-order valence-corrected chi connectivity index (χ4v) is 2.21. The lowest BCUT2D eigenvalue weighted by atomic mass is 10.1. The normalized spacial score (nSPS) is 11.7. The molecule has 1 rings (SSSR count). The Bertz CT molecular complexity index is 442. The van der Waals surface area contributed by atoms with Crippen LogP contribution in [0, 0.1) is 0 Å². The van der Waals surface area contributed by atoms with E-state index in [0.717, 1.165) is 11.1 Å². The monoisotopic (exact) mass is 273 g/mol. The Labute approximate surface area is 108 Å². The van der Waals surface area contributed by atoms with Gasteiger partial charge in [-0.05, 0) is 18.1 Å². The van der Waals surface area contributed by atoms with Gasteiger partial charge >= 0.3 is 0 Å². The van der Waals surface area contributed by atoms with E-state index in [1.165, 1.54) is 0 Å². The van der Waals surface area contributed by atoms with E-state index in [1.807, 2.05) is 6.92 Å². The second-order valence-electron chi connectivity index (χ2n) is 3.81. The molecule has 0 aliphatic rings. The van der Waals surface area contributed by atoms with Crippen LogP contribution in [0.25, 0.3) is 0 Å². The summed E-state index contributed by atoms with van der Waals surface area (Å²) >= 11 is 0. The van der Waals surface area contributed by atoms with Gasteiger partial charge in [-0.25, -0.2) is 13.1 Å². The fraction of sp³-hybridized carbons (Fsp3) is 0.500. The Hall–Kier alpha value is -0.950. The number of aliphatic hydroxyl groups excluding tert-OH is 1. The van der Waals surface area contributed by atoms with Crippen molar-refractivity contribution in [3.63, 3.8) is 0 Å². The molecule has 0 atom stereocenters. The number of hydrogen-bond acceptors (Lipinski definition) is 4. The van der Waals surface area contributed by atoms with E-state index in [9.17, 15) is 8.42 Å². The molecule has 0 unspecified atom stereocenters. The molecule has 0 aromatic heterocycles. The summed E-state index contributed by atoms with van der Waals surface area (Å²) < 4.78 is 30.6. The lowest BCUT2D eigenvalue weighted by Crippen LogP contribution is -2.28. The topological polar surface area (TPSA) is 75.6 Å². The summed E-state index contributed by atoms with van der Waals surface area (Å²) in [7, 11) is -3.29. The summed E-state index contributed by atoms with van der Waals surface area (Å²) in [6.07, 6.45) is 0. The van der Waals surface area contributed by atoms with Crippen molar-refractivity contribution in [1.82, 2.24) is 4.72 Å². The van der Waals surface area contributed by atoms with Gasteiger partial charge in [-0.3, -0.25) is 0 Å². The molecule has 0 heterocycles. The van der Waals surface area contributed by atoms with E-state index < -0.39 is 10.0 Å². The molecule has 2 N–H and O–H groups in total. The molecule has 0 saturated heterocycles. The number of rotatable bonds is 8. The summed E-state index contributed by atoms with van der Waals surface area (Å²) in [5.74, 6) is -0.0322. The molecule has 0 spiro atoms. The van der Waals surface area contributed by atoms with Crippen molar-refractivity contribution in [1.29, 1.82) is 0 Å². The lowest BCUT2D eigenvalue weighted by Gasteiger charge is -2.07. The van der Waals surface area contributed by atoms with Crippen molar-refractivity contribution in [2.75, 3.05) is 19.0 Å². The molecule has 0 aliphatic carbocycles. The lowest BCUT2D eigenvalue weighted by molar-refractivity contribution is 0.163. The van der Waals surface area contributed by atoms with E-state index >= 15 is 0 Å². The third kappa shape index (κ3) is 5.59. The number of benzene rings is 1. The Morgan fingerprint density at radius 2 is 1.83 bits per heavy atom. The summed E-state index contributed by atoms with van der Waals surface area (Å²) in [6, 6.07) is 7.11. The number of nitrogens with one attached hydrogen (secondary N) is 1. The molecule has 0 amide bonds. The average Bonchev–Trinajstić information content (AvgIpc) is 2.37. The summed E-state index contributed by atoms with van der Waals surface area (Å²) in [4.78, 5) is 0. The molecule has 102 valence electrons. The first kappa shape index (κ1) is 15.1. The van der Waals surface area contributed by atoms with Gasteiger partial charge in [0.2, 0.25) is 10.0 Å². The van der Waals surface area contributed by atoms with Gasteiger partial charge in [0.15, 0.2) is 0 Å². The Kier molecular flexibility index (Phi) is 6.28. The molecule has 0 bridgehead atoms. The predicted molar refractivity (Wildman–Crippen MR) is 69.5 cm³/mol. The summed E-state index contributed by atoms with van der Waals surface area (Å²) in [5.41, 5.74) is 1.66. The zero-order valence-corrected chi connectivity index (χ0v) is 11.2. The Morgan fingerprint density at radius 1 is 1.22 bits per heavy atom. The van der Waals surface area contributed by atoms with Crippen LogP contribution in [0.4, 0.5) is 0 Å². The highest BCUT2D eigenvalue weighted by molar-refractivity contribution is 7.89. The fourth-order valence-electron chi connectivity index (χ4n) is 1.34. The first-order valence-electron chi connectivity index (χ1n) is 5.81. The Balaban J connectivity index is 2.43. The average molecular weight is 273 g/mol. The highest BCUT2D eigenvalue weighted by atomic mass is 32.2. The molecule has 0 radical (unpaired) electrons. The standard InChI is InChI=1S/C12H19NO4S/c1-2-17-7-8-18(15,16)13-9-11-3-5-12(10-14)6-4-11/h3-6,13-14H,2,7-10H2,1H3. The number of aliphatic hydroxyl groups is 1. The molecule has 1 aromatic carbocycles. The van der Waals surface area contributed by atoms with Crippen LogP contribution in [0.2, 0.25) is 0 Å². The molecule has 5 nitrogen and oxygen atoms in total. The highest BCUT2D eigenvalue weighted by Crippen LogP contribution is 2.04. The van der Waals surface area contributed by atoms with Gasteiger partial charge in [-0.2, -0.15) is 0 Å². The minimum Gasteiger partial charge on any atom is -0.392 e. The smallest absolute Gasteiger partial charge is 0.214 e. The van der Waals surface area contributed by atoms with Gasteiger partial charge in [0.1, 0.15) is 0 Å². The van der Waals surface area contributed by atoms with Crippen LogP contribution < -0.4 is 4.72 Å². The van der Waals surface area contributed by atoms with Crippen molar-refractivity contribution in [3.8, 4) is 0 Å². The van der Waals surface area contributed by atoms with Gasteiger partial charge < -0.3 is 9.84 Å². The van der Waals surface area contributed by atoms with Gasteiger partial charge in [-0.15, -0.1) is 0 Å². The minimum atomic E-state index is -3.29. The molecule has 0 fully saturated rings. The number of ether oxygens (including phenoxy) is 1. The number of hydrogen-bond donors (Lipinski definition) is 2. The van der Waals surface area contributed by atoms with Crippen molar-refractivity contribution >= 4 is 10.0 Å². The second-order valence-corrected chi connectivity index (χ2v) is 5.74. The van der Waals surface area contributed by atoms with Gasteiger partial charge in [0.25, 0.3) is 0 Å². The first-order valence-corrected chi connectivity index (χ1v) is 7.46. The molecule has 0 saturated carbocycles. The molecular weight excluding hydrogens is 254 g/mol. The van der Waals surface area contributed by atoms with Gasteiger partial charge in [0, 0.05) is 13.2 Å². The zero-order valence-electron chi connectivity index (χ0n) is 10.4. The van der Waals surface area contributed by atoms with Crippen LogP contribution in [-0.2, 0) is 27.9 Å². The summed E-state index contributed by atoms with van der Waals surface area (Å²) in [5, 5.41) is 8.88. The maximum atomic E-state index is 11.6. The van der Waals surface area contributed by atoms with Crippen LogP contribution in [0.15, 0.2) is 24.3 Å². The molecule has 1 aromatic rings. The van der Waals surface area contributed by atoms with E-state index in [1.54, 1.807) is 24.3 Å². The van der Waals surface area contributed by atoms with Crippen LogP contribution in [0.1, 0.15) is 18.1 Å². The SMILES string of the molecule is CCOCCS(=O)(=O)NCc1ccc(CO)cc1. The zero-order chi connectivity index (χ0) is 13.4. The van der Waals surface area contributed by atoms with E-state index in [2.05, 4.69) is 4.72 Å². The maximum Gasteiger partial charge on any atom is 0.214 e. The molecular formula is C12H19NO4S. The van der Waals surface area contributed by atoms with E-state index in [0.29, 0.717) is 6.61 Å². The molecule has 18 heavy (non-hydrogen) atoms. The maximum absolute atomic E-state index is 11.6. The van der Waals surface area contributed by atoms with Crippen molar-refractivity contribution < 1.29 is 18.3 Å². The Morgan fingerprint density at radius 3 is 2.39 bits per heavy atom. The summed E-state index contributed by atoms with van der Waals surface area (Å²) in [6.45, 7) is 2.77.